The molecule has 1 rings (SSSR count). The van der Waals surface area contributed by atoms with Crippen molar-refractivity contribution in [2.45, 2.75) is 56.5 Å². The Morgan fingerprint density at radius 3 is 1.86 bits per heavy atom. The van der Waals surface area contributed by atoms with E-state index in [-0.39, 0.29) is 17.0 Å². The number of hydrogen-bond acceptors (Lipinski definition) is 4. The predicted molar refractivity (Wildman–Crippen MR) is 111 cm³/mol. The van der Waals surface area contributed by atoms with E-state index in [1.807, 2.05) is 21.6 Å². The fourth-order valence-electron chi connectivity index (χ4n) is 2.24. The Hall–Kier alpha value is 1.58. The molecule has 1 heterocycles. The van der Waals surface area contributed by atoms with Crippen LogP contribution < -0.4 is 10.6 Å². The van der Waals surface area contributed by atoms with Crippen LogP contribution in [0.1, 0.15) is 47.0 Å². The Balaban J connectivity index is 0.00000400. The van der Waals surface area contributed by atoms with Gasteiger partial charge in [-0.25, -0.2) is 0 Å². The normalized spacial score (nSPS) is 23.9. The zero-order valence-electron chi connectivity index (χ0n) is 13.8. The van der Waals surface area contributed by atoms with Crippen LogP contribution in [0.15, 0.2) is 0 Å². The van der Waals surface area contributed by atoms with Crippen molar-refractivity contribution < 1.29 is 0 Å². The highest BCUT2D eigenvalue weighted by Gasteiger charge is 2.27. The third-order valence-electron chi connectivity index (χ3n) is 3.46. The summed E-state index contributed by atoms with van der Waals surface area (Å²) < 4.78 is 0.597. The van der Waals surface area contributed by atoms with Gasteiger partial charge in [-0.3, -0.25) is 0 Å². The third kappa shape index (κ3) is 10.9. The molecular formula is C15H32Br2N2S2. The molecule has 0 radical (unpaired) electrons. The molecule has 128 valence electrons. The first kappa shape index (κ1) is 22.6. The SMILES string of the molecule is Br.CC1(C)CNCC(CCCCBr)CNCC(C)(C)SS1. The molecule has 0 bridgehead atoms. The molecule has 1 aliphatic heterocycles. The lowest BCUT2D eigenvalue weighted by atomic mass is 10.0. The number of nitrogens with one attached hydrogen (secondary N) is 2. The fourth-order valence-corrected chi connectivity index (χ4v) is 5.12. The Morgan fingerprint density at radius 2 is 1.43 bits per heavy atom. The van der Waals surface area contributed by atoms with Gasteiger partial charge in [-0.1, -0.05) is 43.9 Å². The molecule has 0 amide bonds. The molecule has 0 aromatic carbocycles. The lowest BCUT2D eigenvalue weighted by Gasteiger charge is -2.29. The van der Waals surface area contributed by atoms with Gasteiger partial charge in [-0.2, -0.15) is 0 Å². The largest absolute Gasteiger partial charge is 0.315 e. The molecule has 2 nitrogen and oxygen atoms in total. The summed E-state index contributed by atoms with van der Waals surface area (Å²) in [6.45, 7) is 13.9. The van der Waals surface area contributed by atoms with Crippen LogP contribution in [0.4, 0.5) is 0 Å². The van der Waals surface area contributed by atoms with Crippen molar-refractivity contribution >= 4 is 54.5 Å². The zero-order valence-corrected chi connectivity index (χ0v) is 18.8. The van der Waals surface area contributed by atoms with Crippen LogP contribution in [-0.2, 0) is 0 Å². The van der Waals surface area contributed by atoms with Gasteiger partial charge in [-0.15, -0.1) is 17.0 Å². The van der Waals surface area contributed by atoms with Crippen molar-refractivity contribution in [3.8, 4) is 0 Å². The van der Waals surface area contributed by atoms with E-state index in [1.54, 1.807) is 0 Å². The number of hydrogen-bond donors (Lipinski definition) is 2. The summed E-state index contributed by atoms with van der Waals surface area (Å²) in [7, 11) is 4.05. The smallest absolute Gasteiger partial charge is 0.0331 e. The topological polar surface area (TPSA) is 24.1 Å². The molecule has 1 fully saturated rings. The lowest BCUT2D eigenvalue weighted by Crippen LogP contribution is -2.38. The van der Waals surface area contributed by atoms with Gasteiger partial charge in [-0.05, 0) is 59.5 Å². The van der Waals surface area contributed by atoms with Crippen LogP contribution in [0.5, 0.6) is 0 Å². The van der Waals surface area contributed by atoms with Crippen LogP contribution in [0.3, 0.4) is 0 Å². The predicted octanol–water partition coefficient (Wildman–Crippen LogP) is 4.88. The van der Waals surface area contributed by atoms with E-state index in [1.165, 1.54) is 19.3 Å². The van der Waals surface area contributed by atoms with Crippen LogP contribution in [0, 0.1) is 5.92 Å². The van der Waals surface area contributed by atoms with Crippen molar-refractivity contribution in [3.63, 3.8) is 0 Å². The Bertz CT molecular complexity index is 254. The minimum absolute atomic E-state index is 0. The van der Waals surface area contributed by atoms with Crippen LogP contribution in [0.25, 0.3) is 0 Å². The maximum Gasteiger partial charge on any atom is 0.0331 e. The first-order valence-corrected chi connectivity index (χ1v) is 11.0. The Labute approximate surface area is 158 Å². The van der Waals surface area contributed by atoms with Crippen molar-refractivity contribution in [2.24, 2.45) is 5.92 Å². The zero-order chi connectivity index (χ0) is 15.1. The van der Waals surface area contributed by atoms with Gasteiger partial charge in [0.25, 0.3) is 0 Å². The van der Waals surface area contributed by atoms with Gasteiger partial charge in [0.1, 0.15) is 0 Å². The molecule has 0 aromatic heterocycles. The summed E-state index contributed by atoms with van der Waals surface area (Å²) in [5.41, 5.74) is 0. The molecule has 1 aliphatic rings. The van der Waals surface area contributed by atoms with Gasteiger partial charge < -0.3 is 10.6 Å². The van der Waals surface area contributed by atoms with Crippen molar-refractivity contribution in [3.05, 3.63) is 0 Å². The fraction of sp³-hybridized carbons (Fsp3) is 1.00. The monoisotopic (exact) mass is 462 g/mol. The summed E-state index contributed by atoms with van der Waals surface area (Å²) in [6.07, 6.45) is 3.95. The Morgan fingerprint density at radius 1 is 0.952 bits per heavy atom. The van der Waals surface area contributed by atoms with Crippen molar-refractivity contribution in [1.82, 2.24) is 10.6 Å². The summed E-state index contributed by atoms with van der Waals surface area (Å²) in [5.74, 6) is 0.758. The van der Waals surface area contributed by atoms with Crippen LogP contribution in [-0.4, -0.2) is 41.0 Å². The summed E-state index contributed by atoms with van der Waals surface area (Å²) in [4.78, 5) is 0. The molecule has 6 heteroatoms. The molecule has 0 atom stereocenters. The molecule has 21 heavy (non-hydrogen) atoms. The molecular weight excluding hydrogens is 432 g/mol. The summed E-state index contributed by atoms with van der Waals surface area (Å²) >= 11 is 3.53. The van der Waals surface area contributed by atoms with Gasteiger partial charge in [0, 0.05) is 27.9 Å². The van der Waals surface area contributed by atoms with E-state index in [9.17, 15) is 0 Å². The van der Waals surface area contributed by atoms with E-state index in [0.29, 0.717) is 9.49 Å². The van der Waals surface area contributed by atoms with Gasteiger partial charge in [0.15, 0.2) is 0 Å². The maximum atomic E-state index is 3.69. The van der Waals surface area contributed by atoms with Gasteiger partial charge >= 0.3 is 0 Å². The van der Waals surface area contributed by atoms with E-state index >= 15 is 0 Å². The average molecular weight is 464 g/mol. The second-order valence-corrected chi connectivity index (χ2v) is 11.3. The van der Waals surface area contributed by atoms with Crippen LogP contribution >= 0.6 is 54.5 Å². The third-order valence-corrected chi connectivity index (χ3v) is 8.25. The van der Waals surface area contributed by atoms with E-state index < -0.39 is 0 Å². The molecule has 0 aromatic rings. The minimum atomic E-state index is 0. The Kier molecular flexibility index (Phi) is 12.0. The summed E-state index contributed by atoms with van der Waals surface area (Å²) in [6, 6.07) is 0. The highest BCUT2D eigenvalue weighted by atomic mass is 79.9. The standard InChI is InChI=1S/C15H31BrN2S2.BrH/c1-14(2)11-17-9-13(7-5-6-8-16)10-18-12-15(3,4)20-19-14;/h13,17-18H,5-12H2,1-4H3;1H. The minimum Gasteiger partial charge on any atom is -0.315 e. The van der Waals surface area contributed by atoms with E-state index in [0.717, 1.165) is 37.4 Å². The molecule has 0 saturated carbocycles. The summed E-state index contributed by atoms with van der Waals surface area (Å²) in [5, 5.41) is 8.52. The maximum absolute atomic E-state index is 3.69. The molecule has 0 unspecified atom stereocenters. The number of alkyl halides is 1. The first-order chi connectivity index (χ1) is 9.35. The second kappa shape index (κ2) is 11.2. The quantitative estimate of drug-likeness (QED) is 0.352. The van der Waals surface area contributed by atoms with E-state index in [4.69, 9.17) is 0 Å². The average Bonchev–Trinajstić information content (AvgIpc) is 2.37. The molecule has 1 saturated heterocycles. The lowest BCUT2D eigenvalue weighted by molar-refractivity contribution is 0.395. The number of halogens is 2. The van der Waals surface area contributed by atoms with Crippen LogP contribution in [0.2, 0.25) is 0 Å². The van der Waals surface area contributed by atoms with Crippen molar-refractivity contribution in [1.29, 1.82) is 0 Å². The molecule has 0 spiro atoms. The van der Waals surface area contributed by atoms with Gasteiger partial charge in [0.05, 0.1) is 0 Å². The highest BCUT2D eigenvalue weighted by Crippen LogP contribution is 2.43. The van der Waals surface area contributed by atoms with E-state index in [2.05, 4.69) is 54.3 Å². The number of rotatable bonds is 4. The second-order valence-electron chi connectivity index (χ2n) is 7.00. The van der Waals surface area contributed by atoms with Gasteiger partial charge in [0.2, 0.25) is 0 Å². The van der Waals surface area contributed by atoms with Crippen molar-refractivity contribution in [2.75, 3.05) is 31.5 Å². The number of unbranched alkanes of at least 4 members (excludes halogenated alkanes) is 1. The molecule has 2 N–H and O–H groups in total. The first-order valence-electron chi connectivity index (χ1n) is 7.69. The highest BCUT2D eigenvalue weighted by molar-refractivity contribution is 9.09. The molecule has 0 aliphatic carbocycles.